The van der Waals surface area contributed by atoms with Gasteiger partial charge in [0.1, 0.15) is 0 Å². The normalized spacial score (nSPS) is 11.6. The van der Waals surface area contributed by atoms with E-state index in [0.717, 1.165) is 10.0 Å². The molecule has 0 aliphatic carbocycles. The quantitative estimate of drug-likeness (QED) is 0.876. The minimum atomic E-state index is -3.14. The molecule has 0 aliphatic rings. The molecule has 0 saturated carbocycles. The van der Waals surface area contributed by atoms with Crippen molar-refractivity contribution in [2.24, 2.45) is 5.73 Å². The van der Waals surface area contributed by atoms with E-state index < -0.39 is 9.84 Å². The smallest absolute Gasteiger partial charge is 0.175 e. The molecule has 0 atom stereocenters. The maximum Gasteiger partial charge on any atom is 0.175 e. The van der Waals surface area contributed by atoms with Crippen molar-refractivity contribution >= 4 is 25.8 Å². The summed E-state index contributed by atoms with van der Waals surface area (Å²) in [6, 6.07) is 4.95. The van der Waals surface area contributed by atoms with Crippen LogP contribution in [-0.4, -0.2) is 14.7 Å². The average Bonchev–Trinajstić information content (AvgIpc) is 2.01. The van der Waals surface area contributed by atoms with Gasteiger partial charge in [0, 0.05) is 17.3 Å². The van der Waals surface area contributed by atoms with E-state index in [0.29, 0.717) is 11.4 Å². The minimum absolute atomic E-state index is 0.294. The first-order valence-corrected chi connectivity index (χ1v) is 6.31. The Labute approximate surface area is 86.0 Å². The fourth-order valence-corrected chi connectivity index (χ4v) is 2.35. The van der Waals surface area contributed by atoms with Gasteiger partial charge in [-0.25, -0.2) is 8.42 Å². The van der Waals surface area contributed by atoms with Crippen molar-refractivity contribution in [2.45, 2.75) is 11.4 Å². The summed E-state index contributed by atoms with van der Waals surface area (Å²) in [7, 11) is -3.14. The summed E-state index contributed by atoms with van der Waals surface area (Å²) < 4.78 is 23.1. The molecule has 1 aromatic rings. The molecule has 0 fully saturated rings. The van der Waals surface area contributed by atoms with Gasteiger partial charge < -0.3 is 5.73 Å². The van der Waals surface area contributed by atoms with Crippen LogP contribution in [0.2, 0.25) is 0 Å². The molecule has 0 unspecified atom stereocenters. The van der Waals surface area contributed by atoms with Crippen molar-refractivity contribution in [3.05, 3.63) is 28.2 Å². The second-order valence-electron chi connectivity index (χ2n) is 2.77. The van der Waals surface area contributed by atoms with Crippen LogP contribution in [0.1, 0.15) is 5.56 Å². The molecule has 3 nitrogen and oxygen atoms in total. The fraction of sp³-hybridized carbons (Fsp3) is 0.250. The molecule has 0 saturated heterocycles. The van der Waals surface area contributed by atoms with Gasteiger partial charge in [-0.15, -0.1) is 0 Å². The Kier molecular flexibility index (Phi) is 3.10. The van der Waals surface area contributed by atoms with Crippen LogP contribution in [-0.2, 0) is 16.4 Å². The lowest BCUT2D eigenvalue weighted by Crippen LogP contribution is -2.01. The second kappa shape index (κ2) is 3.77. The zero-order valence-electron chi connectivity index (χ0n) is 7.12. The topological polar surface area (TPSA) is 60.2 Å². The van der Waals surface area contributed by atoms with Gasteiger partial charge in [-0.2, -0.15) is 0 Å². The number of halogens is 1. The lowest BCUT2D eigenvalue weighted by molar-refractivity contribution is 0.601. The highest BCUT2D eigenvalue weighted by molar-refractivity contribution is 9.10. The first-order chi connectivity index (χ1) is 5.93. The summed E-state index contributed by atoms with van der Waals surface area (Å²) in [4.78, 5) is 0.294. The van der Waals surface area contributed by atoms with Gasteiger partial charge in [0.25, 0.3) is 0 Å². The SMILES string of the molecule is CS(=O)(=O)c1cc(Br)cc(CN)c1. The summed E-state index contributed by atoms with van der Waals surface area (Å²) in [5.74, 6) is 0. The number of benzene rings is 1. The van der Waals surface area contributed by atoms with E-state index in [2.05, 4.69) is 15.9 Å². The molecule has 0 heterocycles. The van der Waals surface area contributed by atoms with Crippen LogP contribution in [0.15, 0.2) is 27.6 Å². The maximum atomic E-state index is 11.2. The van der Waals surface area contributed by atoms with Crippen molar-refractivity contribution in [1.29, 1.82) is 0 Å². The molecule has 2 N–H and O–H groups in total. The van der Waals surface area contributed by atoms with Gasteiger partial charge >= 0.3 is 0 Å². The number of hydrogen-bond donors (Lipinski definition) is 1. The molecule has 0 amide bonds. The molecule has 1 rings (SSSR count). The van der Waals surface area contributed by atoms with E-state index in [9.17, 15) is 8.42 Å². The predicted octanol–water partition coefficient (Wildman–Crippen LogP) is 1.31. The van der Waals surface area contributed by atoms with Gasteiger partial charge in [0.05, 0.1) is 4.90 Å². The van der Waals surface area contributed by atoms with E-state index >= 15 is 0 Å². The predicted molar refractivity (Wildman–Crippen MR) is 55.1 cm³/mol. The molecule has 72 valence electrons. The van der Waals surface area contributed by atoms with E-state index in [1.165, 1.54) is 6.26 Å². The average molecular weight is 264 g/mol. The summed E-state index contributed by atoms with van der Waals surface area (Å²) >= 11 is 3.23. The Bertz CT molecular complexity index is 414. The van der Waals surface area contributed by atoms with E-state index in [-0.39, 0.29) is 0 Å². The van der Waals surface area contributed by atoms with Gasteiger partial charge in [-0.05, 0) is 23.8 Å². The number of sulfone groups is 1. The van der Waals surface area contributed by atoms with Crippen LogP contribution < -0.4 is 5.73 Å². The molecule has 5 heteroatoms. The van der Waals surface area contributed by atoms with Crippen LogP contribution in [0.3, 0.4) is 0 Å². The van der Waals surface area contributed by atoms with Crippen LogP contribution in [0.25, 0.3) is 0 Å². The van der Waals surface area contributed by atoms with Crippen molar-refractivity contribution < 1.29 is 8.42 Å². The Hall–Kier alpha value is -0.390. The molecule has 0 radical (unpaired) electrons. The van der Waals surface area contributed by atoms with Crippen molar-refractivity contribution in [2.75, 3.05) is 6.26 Å². The standard InChI is InChI=1S/C8H10BrNO2S/c1-13(11,12)8-3-6(5-10)2-7(9)4-8/h2-4H,5,10H2,1H3. The van der Waals surface area contributed by atoms with Gasteiger partial charge in [-0.1, -0.05) is 15.9 Å². The van der Waals surface area contributed by atoms with Gasteiger partial charge in [-0.3, -0.25) is 0 Å². The van der Waals surface area contributed by atoms with Crippen LogP contribution >= 0.6 is 15.9 Å². The monoisotopic (exact) mass is 263 g/mol. The third-order valence-electron chi connectivity index (χ3n) is 1.59. The highest BCUT2D eigenvalue weighted by atomic mass is 79.9. The van der Waals surface area contributed by atoms with E-state index in [1.54, 1.807) is 18.2 Å². The minimum Gasteiger partial charge on any atom is -0.326 e. The largest absolute Gasteiger partial charge is 0.326 e. The lowest BCUT2D eigenvalue weighted by Gasteiger charge is -2.02. The lowest BCUT2D eigenvalue weighted by atomic mass is 10.2. The molecule has 0 bridgehead atoms. The maximum absolute atomic E-state index is 11.2. The summed E-state index contributed by atoms with van der Waals surface area (Å²) in [5.41, 5.74) is 6.22. The third kappa shape index (κ3) is 2.79. The molecular formula is C8H10BrNO2S. The van der Waals surface area contributed by atoms with Crippen LogP contribution in [0.4, 0.5) is 0 Å². The summed E-state index contributed by atoms with van der Waals surface area (Å²) in [6.45, 7) is 0.335. The Balaban J connectivity index is 3.33. The first-order valence-electron chi connectivity index (χ1n) is 3.63. The molecule has 0 aromatic heterocycles. The molecule has 13 heavy (non-hydrogen) atoms. The molecular weight excluding hydrogens is 254 g/mol. The highest BCUT2D eigenvalue weighted by Crippen LogP contribution is 2.19. The fourth-order valence-electron chi connectivity index (χ4n) is 0.953. The second-order valence-corrected chi connectivity index (χ2v) is 5.70. The molecule has 0 spiro atoms. The van der Waals surface area contributed by atoms with E-state index in [4.69, 9.17) is 5.73 Å². The van der Waals surface area contributed by atoms with Crippen LogP contribution in [0.5, 0.6) is 0 Å². The first kappa shape index (κ1) is 10.7. The highest BCUT2D eigenvalue weighted by Gasteiger charge is 2.08. The van der Waals surface area contributed by atoms with Crippen LogP contribution in [0, 0.1) is 0 Å². The Morgan fingerprint density at radius 1 is 1.38 bits per heavy atom. The molecule has 1 aromatic carbocycles. The number of rotatable bonds is 2. The third-order valence-corrected chi connectivity index (χ3v) is 3.14. The van der Waals surface area contributed by atoms with Crippen molar-refractivity contribution in [1.82, 2.24) is 0 Å². The van der Waals surface area contributed by atoms with Crippen molar-refractivity contribution in [3.8, 4) is 0 Å². The Morgan fingerprint density at radius 2 is 2.00 bits per heavy atom. The molecule has 0 aliphatic heterocycles. The Morgan fingerprint density at radius 3 is 2.46 bits per heavy atom. The summed E-state index contributed by atoms with van der Waals surface area (Å²) in [6.07, 6.45) is 1.18. The van der Waals surface area contributed by atoms with Gasteiger partial charge in [0.15, 0.2) is 9.84 Å². The van der Waals surface area contributed by atoms with E-state index in [1.807, 2.05) is 0 Å². The van der Waals surface area contributed by atoms with Gasteiger partial charge in [0.2, 0.25) is 0 Å². The van der Waals surface area contributed by atoms with Crippen molar-refractivity contribution in [3.63, 3.8) is 0 Å². The number of nitrogens with two attached hydrogens (primary N) is 1. The zero-order chi connectivity index (χ0) is 10.1. The number of hydrogen-bond acceptors (Lipinski definition) is 3. The summed E-state index contributed by atoms with van der Waals surface area (Å²) in [5, 5.41) is 0. The zero-order valence-corrected chi connectivity index (χ0v) is 9.52.